The van der Waals surface area contributed by atoms with Gasteiger partial charge in [-0.3, -0.25) is 4.79 Å². The third-order valence-electron chi connectivity index (χ3n) is 5.08. The molecule has 0 aliphatic heterocycles. The Balaban J connectivity index is 2.13. The third kappa shape index (κ3) is 3.23. The van der Waals surface area contributed by atoms with Gasteiger partial charge in [0, 0.05) is 16.9 Å². The number of hydrogen-bond acceptors (Lipinski definition) is 2. The van der Waals surface area contributed by atoms with E-state index in [4.69, 9.17) is 11.6 Å². The molecule has 0 spiro atoms. The summed E-state index contributed by atoms with van der Waals surface area (Å²) in [4.78, 5) is 12.9. The van der Waals surface area contributed by atoms with Crippen molar-refractivity contribution in [2.45, 2.75) is 40.5 Å². The Morgan fingerprint density at radius 3 is 2.12 bits per heavy atom. The highest BCUT2D eigenvalue weighted by Crippen LogP contribution is 2.41. The van der Waals surface area contributed by atoms with Crippen molar-refractivity contribution in [1.82, 2.24) is 0 Å². The van der Waals surface area contributed by atoms with E-state index in [9.17, 15) is 9.90 Å². The molecule has 1 aliphatic rings. The highest BCUT2D eigenvalue weighted by molar-refractivity contribution is 6.30. The Morgan fingerprint density at radius 2 is 1.56 bits per heavy atom. The lowest BCUT2D eigenvalue weighted by Gasteiger charge is -2.31. The average Bonchev–Trinajstić information content (AvgIpc) is 2.54. The molecule has 0 saturated heterocycles. The number of halogens is 1. The summed E-state index contributed by atoms with van der Waals surface area (Å²) in [6.07, 6.45) is 1.23. The van der Waals surface area contributed by atoms with Gasteiger partial charge in [0.25, 0.3) is 0 Å². The topological polar surface area (TPSA) is 37.3 Å². The van der Waals surface area contributed by atoms with Gasteiger partial charge in [-0.05, 0) is 60.2 Å². The molecule has 1 aliphatic carbocycles. The van der Waals surface area contributed by atoms with Crippen LogP contribution >= 0.6 is 11.6 Å². The molecule has 0 fully saturated rings. The maximum absolute atomic E-state index is 12.9. The van der Waals surface area contributed by atoms with Crippen LogP contribution in [-0.4, -0.2) is 10.9 Å². The zero-order valence-electron chi connectivity index (χ0n) is 15.1. The summed E-state index contributed by atoms with van der Waals surface area (Å²) < 4.78 is 0. The quantitative estimate of drug-likeness (QED) is 0.688. The molecule has 2 aromatic carbocycles. The van der Waals surface area contributed by atoms with Crippen molar-refractivity contribution in [2.24, 2.45) is 5.41 Å². The molecule has 1 N–H and O–H groups in total. The Morgan fingerprint density at radius 1 is 1.00 bits per heavy atom. The standard InChI is InChI=1S/C22H23ClO2/c1-13-11-16(15-5-7-17(23)8-6-15)12-14(2)19(13)20-18(24)9-10-22(3,4)21(20)25/h5-8,11-12,24H,9-10H2,1-4H3. The van der Waals surface area contributed by atoms with Crippen LogP contribution in [0.2, 0.25) is 5.02 Å². The Hall–Kier alpha value is -2.06. The number of carbonyl (C=O) groups is 1. The van der Waals surface area contributed by atoms with E-state index in [0.717, 1.165) is 27.8 Å². The molecule has 0 saturated carbocycles. The maximum atomic E-state index is 12.9. The molecule has 0 unspecified atom stereocenters. The average molecular weight is 355 g/mol. The molecule has 0 radical (unpaired) electrons. The fraction of sp³-hybridized carbons (Fsp3) is 0.318. The molecule has 2 nitrogen and oxygen atoms in total. The third-order valence-corrected chi connectivity index (χ3v) is 5.33. The van der Waals surface area contributed by atoms with Crippen LogP contribution in [0.15, 0.2) is 42.2 Å². The predicted molar refractivity (Wildman–Crippen MR) is 104 cm³/mol. The van der Waals surface area contributed by atoms with Crippen LogP contribution in [0.3, 0.4) is 0 Å². The van der Waals surface area contributed by atoms with Gasteiger partial charge in [0.2, 0.25) is 0 Å². The van der Waals surface area contributed by atoms with Crippen molar-refractivity contribution in [3.05, 3.63) is 63.9 Å². The van der Waals surface area contributed by atoms with E-state index in [2.05, 4.69) is 12.1 Å². The van der Waals surface area contributed by atoms with E-state index in [0.29, 0.717) is 23.4 Å². The van der Waals surface area contributed by atoms with Crippen molar-refractivity contribution in [3.8, 4) is 11.1 Å². The number of ketones is 1. The summed E-state index contributed by atoms with van der Waals surface area (Å²) in [6, 6.07) is 11.9. The Kier molecular flexibility index (Phi) is 4.51. The number of Topliss-reactive ketones (excluding diaryl/α,β-unsaturated/α-hetero) is 1. The van der Waals surface area contributed by atoms with E-state index >= 15 is 0 Å². The van der Waals surface area contributed by atoms with E-state index in [-0.39, 0.29) is 11.5 Å². The fourth-order valence-electron chi connectivity index (χ4n) is 3.56. The van der Waals surface area contributed by atoms with Crippen LogP contribution < -0.4 is 0 Å². The van der Waals surface area contributed by atoms with Crippen LogP contribution in [0.4, 0.5) is 0 Å². The van der Waals surface area contributed by atoms with Gasteiger partial charge in [-0.2, -0.15) is 0 Å². The lowest BCUT2D eigenvalue weighted by Crippen LogP contribution is -2.30. The van der Waals surface area contributed by atoms with E-state index < -0.39 is 5.41 Å². The molecule has 0 amide bonds. The molecule has 130 valence electrons. The Labute approximate surface area is 154 Å². The number of rotatable bonds is 2. The summed E-state index contributed by atoms with van der Waals surface area (Å²) in [5.41, 5.74) is 5.08. The SMILES string of the molecule is Cc1cc(-c2ccc(Cl)cc2)cc(C)c1C1=C(O)CCC(C)(C)C1=O. The fourth-order valence-corrected chi connectivity index (χ4v) is 3.69. The zero-order valence-corrected chi connectivity index (χ0v) is 15.9. The highest BCUT2D eigenvalue weighted by Gasteiger charge is 2.37. The van der Waals surface area contributed by atoms with Crippen LogP contribution in [0.25, 0.3) is 16.7 Å². The first-order valence-electron chi connectivity index (χ1n) is 8.55. The lowest BCUT2D eigenvalue weighted by atomic mass is 9.72. The van der Waals surface area contributed by atoms with Gasteiger partial charge in [-0.15, -0.1) is 0 Å². The monoisotopic (exact) mass is 354 g/mol. The summed E-state index contributed by atoms with van der Waals surface area (Å²) in [6.45, 7) is 7.90. The summed E-state index contributed by atoms with van der Waals surface area (Å²) >= 11 is 5.98. The molecular formula is C22H23ClO2. The number of aliphatic hydroxyl groups is 1. The second kappa shape index (κ2) is 6.34. The van der Waals surface area contributed by atoms with E-state index in [1.165, 1.54) is 0 Å². The number of benzene rings is 2. The number of aryl methyl sites for hydroxylation is 2. The molecule has 0 bridgehead atoms. The smallest absolute Gasteiger partial charge is 0.172 e. The van der Waals surface area contributed by atoms with Crippen LogP contribution in [0, 0.1) is 19.3 Å². The second-order valence-corrected chi connectivity index (χ2v) is 7.96. The van der Waals surface area contributed by atoms with Crippen molar-refractivity contribution in [2.75, 3.05) is 0 Å². The summed E-state index contributed by atoms with van der Waals surface area (Å²) in [5.74, 6) is 0.247. The van der Waals surface area contributed by atoms with Gasteiger partial charge in [0.15, 0.2) is 5.78 Å². The predicted octanol–water partition coefficient (Wildman–Crippen LogP) is 6.28. The minimum Gasteiger partial charge on any atom is -0.512 e. The molecule has 0 atom stereocenters. The van der Waals surface area contributed by atoms with Gasteiger partial charge in [0.05, 0.1) is 5.57 Å². The van der Waals surface area contributed by atoms with Gasteiger partial charge in [0.1, 0.15) is 5.76 Å². The Bertz CT molecular complexity index is 850. The van der Waals surface area contributed by atoms with Crippen LogP contribution in [0.5, 0.6) is 0 Å². The van der Waals surface area contributed by atoms with Crippen molar-refractivity contribution in [3.63, 3.8) is 0 Å². The minimum atomic E-state index is -0.435. The second-order valence-electron chi connectivity index (χ2n) is 7.53. The molecule has 2 aromatic rings. The van der Waals surface area contributed by atoms with Crippen molar-refractivity contribution < 1.29 is 9.90 Å². The van der Waals surface area contributed by atoms with Gasteiger partial charge in [-0.1, -0.05) is 49.7 Å². The van der Waals surface area contributed by atoms with Crippen molar-refractivity contribution in [1.29, 1.82) is 0 Å². The van der Waals surface area contributed by atoms with Crippen LogP contribution in [0.1, 0.15) is 43.4 Å². The van der Waals surface area contributed by atoms with E-state index in [1.54, 1.807) is 0 Å². The highest BCUT2D eigenvalue weighted by atomic mass is 35.5. The van der Waals surface area contributed by atoms with Crippen LogP contribution in [-0.2, 0) is 4.79 Å². The first-order valence-corrected chi connectivity index (χ1v) is 8.93. The number of allylic oxidation sites excluding steroid dienone is 2. The number of carbonyl (C=O) groups excluding carboxylic acids is 1. The molecule has 3 heteroatoms. The largest absolute Gasteiger partial charge is 0.512 e. The molecule has 3 rings (SSSR count). The first-order chi connectivity index (χ1) is 11.7. The normalized spacial score (nSPS) is 17.1. The van der Waals surface area contributed by atoms with Gasteiger partial charge in [-0.25, -0.2) is 0 Å². The first kappa shape index (κ1) is 17.8. The van der Waals surface area contributed by atoms with E-state index in [1.807, 2.05) is 52.0 Å². The zero-order chi connectivity index (χ0) is 18.4. The number of hydrogen-bond donors (Lipinski definition) is 1. The minimum absolute atomic E-state index is 0.0293. The molecule has 0 aromatic heterocycles. The maximum Gasteiger partial charge on any atom is 0.172 e. The molecule has 0 heterocycles. The molecule has 25 heavy (non-hydrogen) atoms. The summed E-state index contributed by atoms with van der Waals surface area (Å²) in [7, 11) is 0. The van der Waals surface area contributed by atoms with Crippen molar-refractivity contribution >= 4 is 23.0 Å². The van der Waals surface area contributed by atoms with Gasteiger partial charge >= 0.3 is 0 Å². The molecular weight excluding hydrogens is 332 g/mol. The number of aliphatic hydroxyl groups excluding tert-OH is 1. The van der Waals surface area contributed by atoms with Gasteiger partial charge < -0.3 is 5.11 Å². The lowest BCUT2D eigenvalue weighted by molar-refractivity contribution is -0.122. The summed E-state index contributed by atoms with van der Waals surface area (Å²) in [5, 5.41) is 11.1.